The summed E-state index contributed by atoms with van der Waals surface area (Å²) < 4.78 is 52.4. The van der Waals surface area contributed by atoms with E-state index in [0.29, 0.717) is 18.2 Å². The number of carbonyl (C=O) groups is 3. The van der Waals surface area contributed by atoms with Crippen LogP contribution in [0.5, 0.6) is 0 Å². The molecule has 7 unspecified atom stereocenters. The first-order valence-corrected chi connectivity index (χ1v) is 13.7. The molecular formula is C27H33F3O5S. The van der Waals surface area contributed by atoms with Crippen LogP contribution < -0.4 is 0 Å². The van der Waals surface area contributed by atoms with Crippen molar-refractivity contribution in [3.05, 3.63) is 23.8 Å². The minimum atomic E-state index is -2.30. The van der Waals surface area contributed by atoms with Gasteiger partial charge < -0.3 is 9.84 Å². The zero-order valence-electron chi connectivity index (χ0n) is 20.9. The minimum absolute atomic E-state index is 0.0203. The monoisotopic (exact) mass is 526 g/mol. The number of carbonyl (C=O) groups excluding carboxylic acids is 3. The van der Waals surface area contributed by atoms with E-state index in [4.69, 9.17) is 4.74 Å². The molecule has 0 saturated heterocycles. The first kappa shape index (κ1) is 26.0. The largest absolute Gasteiger partial charge is 0.449 e. The molecule has 0 aromatic rings. The summed E-state index contributed by atoms with van der Waals surface area (Å²) in [6.07, 6.45) is 0.869. The van der Waals surface area contributed by atoms with E-state index in [0.717, 1.165) is 6.08 Å². The van der Waals surface area contributed by atoms with Gasteiger partial charge in [0.15, 0.2) is 17.1 Å². The van der Waals surface area contributed by atoms with Gasteiger partial charge in [0.05, 0.1) is 12.0 Å². The van der Waals surface area contributed by atoms with Gasteiger partial charge in [0.25, 0.3) is 0 Å². The van der Waals surface area contributed by atoms with Gasteiger partial charge in [-0.15, -0.1) is 0 Å². The number of fused-ring (bicyclic) bond motifs is 5. The Hall–Kier alpha value is -1.61. The van der Waals surface area contributed by atoms with Crippen LogP contribution in [0.1, 0.15) is 53.4 Å². The van der Waals surface area contributed by atoms with E-state index in [9.17, 15) is 23.9 Å². The molecule has 0 aromatic carbocycles. The lowest BCUT2D eigenvalue weighted by atomic mass is 9.44. The molecule has 198 valence electrons. The lowest BCUT2D eigenvalue weighted by molar-refractivity contribution is -0.229. The lowest BCUT2D eigenvalue weighted by Gasteiger charge is -2.63. The van der Waals surface area contributed by atoms with Crippen LogP contribution in [0.15, 0.2) is 23.8 Å². The van der Waals surface area contributed by atoms with Crippen molar-refractivity contribution in [1.82, 2.24) is 0 Å². The van der Waals surface area contributed by atoms with Crippen molar-refractivity contribution < 1.29 is 37.4 Å². The number of aliphatic hydroxyl groups is 1. The summed E-state index contributed by atoms with van der Waals surface area (Å²) in [5.74, 6) is -3.40. The van der Waals surface area contributed by atoms with E-state index in [1.54, 1.807) is 13.8 Å². The summed E-state index contributed by atoms with van der Waals surface area (Å²) in [6, 6.07) is -1.01. The summed E-state index contributed by atoms with van der Waals surface area (Å²) in [5, 5.41) is 10.8. The maximum absolute atomic E-state index is 17.3. The van der Waals surface area contributed by atoms with Crippen molar-refractivity contribution in [3.8, 4) is 0 Å². The Kier molecular flexibility index (Phi) is 5.92. The summed E-state index contributed by atoms with van der Waals surface area (Å²) in [5.41, 5.74) is -6.82. The number of allylic oxidation sites excluding steroid dienone is 4. The van der Waals surface area contributed by atoms with Gasteiger partial charge in [-0.2, -0.15) is 0 Å². The molecule has 0 aliphatic heterocycles. The van der Waals surface area contributed by atoms with Crippen molar-refractivity contribution in [2.45, 2.75) is 76.9 Å². The van der Waals surface area contributed by atoms with Gasteiger partial charge in [-0.3, -0.25) is 14.4 Å². The highest BCUT2D eigenvalue weighted by Crippen LogP contribution is 2.72. The second-order valence-electron chi connectivity index (χ2n) is 12.0. The molecule has 5 rings (SSSR count). The lowest BCUT2D eigenvalue weighted by Crippen LogP contribution is -2.70. The SMILES string of the molecule is CC1CC1C(=O)OC1(C(=O)SCF)C(C)C[C@H]2[C@@H]3CC(F)C4=CC(=O)C=C[C@]4(C)C3(F)C(O)C[C@@]21C. The van der Waals surface area contributed by atoms with Gasteiger partial charge in [0, 0.05) is 22.7 Å². The van der Waals surface area contributed by atoms with Gasteiger partial charge in [0.1, 0.15) is 12.2 Å². The second kappa shape index (κ2) is 8.19. The Labute approximate surface area is 213 Å². The molecule has 4 fully saturated rings. The van der Waals surface area contributed by atoms with E-state index in [1.807, 2.05) is 6.92 Å². The summed E-state index contributed by atoms with van der Waals surface area (Å²) in [4.78, 5) is 38.7. The van der Waals surface area contributed by atoms with Crippen molar-refractivity contribution in [1.29, 1.82) is 0 Å². The average molecular weight is 527 g/mol. The topological polar surface area (TPSA) is 80.7 Å². The highest BCUT2D eigenvalue weighted by molar-refractivity contribution is 8.13. The van der Waals surface area contributed by atoms with Crippen molar-refractivity contribution in [2.24, 2.45) is 40.4 Å². The fourth-order valence-electron chi connectivity index (χ4n) is 8.26. The van der Waals surface area contributed by atoms with E-state index in [1.165, 1.54) is 19.1 Å². The molecule has 0 aromatic heterocycles. The summed E-state index contributed by atoms with van der Waals surface area (Å²) >= 11 is 0.418. The maximum Gasteiger partial charge on any atom is 0.310 e. The number of hydrogen-bond acceptors (Lipinski definition) is 6. The van der Waals surface area contributed by atoms with Crippen LogP contribution in [0.2, 0.25) is 0 Å². The molecule has 9 heteroatoms. The Morgan fingerprint density at radius 2 is 1.86 bits per heavy atom. The predicted octanol–water partition coefficient (Wildman–Crippen LogP) is 4.68. The number of hydrogen-bond donors (Lipinski definition) is 1. The van der Waals surface area contributed by atoms with Crippen molar-refractivity contribution in [2.75, 3.05) is 6.01 Å². The third-order valence-electron chi connectivity index (χ3n) is 10.3. The second-order valence-corrected chi connectivity index (χ2v) is 12.9. The molecule has 0 heterocycles. The molecule has 0 radical (unpaired) electrons. The van der Waals surface area contributed by atoms with Crippen LogP contribution in [0.3, 0.4) is 0 Å². The molecule has 5 nitrogen and oxygen atoms in total. The number of alkyl halides is 3. The first-order chi connectivity index (χ1) is 16.8. The van der Waals surface area contributed by atoms with Crippen LogP contribution in [0.25, 0.3) is 0 Å². The van der Waals surface area contributed by atoms with Gasteiger partial charge in [-0.1, -0.05) is 26.8 Å². The molecular weight excluding hydrogens is 493 g/mol. The van der Waals surface area contributed by atoms with Crippen LogP contribution in [-0.2, 0) is 19.1 Å². The van der Waals surface area contributed by atoms with Crippen LogP contribution >= 0.6 is 11.8 Å². The van der Waals surface area contributed by atoms with Gasteiger partial charge in [-0.25, -0.2) is 13.2 Å². The Bertz CT molecular complexity index is 1080. The molecule has 5 aliphatic carbocycles. The third-order valence-corrected chi connectivity index (χ3v) is 11.0. The highest BCUT2D eigenvalue weighted by Gasteiger charge is 2.78. The highest BCUT2D eigenvalue weighted by atomic mass is 32.2. The zero-order chi connectivity index (χ0) is 26.4. The standard InChI is InChI=1S/C27H33F3O5S/c1-13-7-16(13)22(33)35-27(23(34)36-12-28)14(2)8-17-18-10-20(29)19-9-15(31)5-6-24(19,3)26(18,30)21(32)11-25(17,27)4/h5-6,9,13-14,16-18,20-21,32H,7-8,10-12H2,1-4H3/t13?,14?,16?,17-,18-,20?,21?,24-,25-,26?,27?/m0/s1. The van der Waals surface area contributed by atoms with Gasteiger partial charge in [-0.05, 0) is 73.9 Å². The summed E-state index contributed by atoms with van der Waals surface area (Å²) in [7, 11) is 0. The average Bonchev–Trinajstić information content (AvgIpc) is 3.50. The fourth-order valence-corrected chi connectivity index (χ4v) is 9.05. The molecule has 36 heavy (non-hydrogen) atoms. The number of ketones is 1. The third kappa shape index (κ3) is 3.10. The number of thioether (sulfide) groups is 1. The Morgan fingerprint density at radius 3 is 2.47 bits per heavy atom. The minimum Gasteiger partial charge on any atom is -0.449 e. The van der Waals surface area contributed by atoms with E-state index < -0.39 is 75.0 Å². The molecule has 4 saturated carbocycles. The van der Waals surface area contributed by atoms with E-state index in [2.05, 4.69) is 0 Å². The fraction of sp³-hybridized carbons (Fsp3) is 0.741. The molecule has 5 aliphatic rings. The quantitative estimate of drug-likeness (QED) is 0.536. The van der Waals surface area contributed by atoms with Crippen molar-refractivity contribution >= 4 is 28.6 Å². The molecule has 1 N–H and O–H groups in total. The number of rotatable bonds is 4. The number of aliphatic hydroxyl groups excluding tert-OH is 1. The normalized spacial score (nSPS) is 51.1. The van der Waals surface area contributed by atoms with E-state index in [-0.39, 0.29) is 36.7 Å². The first-order valence-electron chi connectivity index (χ1n) is 12.7. The number of ether oxygens (including phenoxy) is 1. The zero-order valence-corrected chi connectivity index (χ0v) is 21.7. The van der Waals surface area contributed by atoms with E-state index >= 15 is 8.78 Å². The Balaban J connectivity index is 1.62. The van der Waals surface area contributed by atoms with Crippen molar-refractivity contribution in [3.63, 3.8) is 0 Å². The molecule has 11 atom stereocenters. The Morgan fingerprint density at radius 1 is 1.19 bits per heavy atom. The summed E-state index contributed by atoms with van der Waals surface area (Å²) in [6.45, 7) is 6.85. The van der Waals surface area contributed by atoms with Crippen LogP contribution in [-0.4, -0.2) is 51.5 Å². The molecule has 0 spiro atoms. The molecule has 0 amide bonds. The predicted molar refractivity (Wildman–Crippen MR) is 128 cm³/mol. The van der Waals surface area contributed by atoms with Gasteiger partial charge >= 0.3 is 5.97 Å². The van der Waals surface area contributed by atoms with Crippen LogP contribution in [0.4, 0.5) is 13.2 Å². The number of esters is 1. The van der Waals surface area contributed by atoms with Gasteiger partial charge in [0.2, 0.25) is 5.12 Å². The maximum atomic E-state index is 17.3. The smallest absolute Gasteiger partial charge is 0.310 e. The molecule has 0 bridgehead atoms. The van der Waals surface area contributed by atoms with Crippen LogP contribution in [0, 0.1) is 40.4 Å². The number of halogens is 3.